The Morgan fingerprint density at radius 1 is 0.892 bits per heavy atom. The minimum atomic E-state index is -0.516. The van der Waals surface area contributed by atoms with Crippen LogP contribution in [0.25, 0.3) is 16.6 Å². The third-order valence-corrected chi connectivity index (χ3v) is 6.59. The number of rotatable bonds is 7. The van der Waals surface area contributed by atoms with Gasteiger partial charge in [0.05, 0.1) is 42.3 Å². The van der Waals surface area contributed by atoms with Gasteiger partial charge in [0.1, 0.15) is 17.3 Å². The topological polar surface area (TPSA) is 103 Å². The minimum absolute atomic E-state index is 0.161. The molecule has 0 radical (unpaired) electrons. The maximum absolute atomic E-state index is 13.8. The summed E-state index contributed by atoms with van der Waals surface area (Å²) >= 11 is 0. The number of methoxy groups -OCH3 is 2. The molecule has 1 aliphatic rings. The van der Waals surface area contributed by atoms with E-state index in [1.807, 2.05) is 18.2 Å². The van der Waals surface area contributed by atoms with Crippen LogP contribution in [0.3, 0.4) is 0 Å². The molecule has 190 valence electrons. The lowest BCUT2D eigenvalue weighted by atomic mass is 10.2. The number of non-ortho nitro benzene ring substituents is 1. The van der Waals surface area contributed by atoms with Gasteiger partial charge in [-0.1, -0.05) is 18.2 Å². The fourth-order valence-corrected chi connectivity index (χ4v) is 4.63. The van der Waals surface area contributed by atoms with Gasteiger partial charge in [-0.05, 0) is 18.2 Å². The Balaban J connectivity index is 1.55. The van der Waals surface area contributed by atoms with Gasteiger partial charge < -0.3 is 14.4 Å². The molecule has 5 rings (SSSR count). The summed E-state index contributed by atoms with van der Waals surface area (Å²) < 4.78 is 12.3. The molecule has 1 aliphatic heterocycles. The van der Waals surface area contributed by atoms with Gasteiger partial charge >= 0.3 is 0 Å². The molecule has 1 aromatic heterocycles. The number of fused-ring (bicyclic) bond motifs is 1. The highest BCUT2D eigenvalue weighted by molar-refractivity contribution is 5.80. The molecule has 37 heavy (non-hydrogen) atoms. The summed E-state index contributed by atoms with van der Waals surface area (Å²) in [5, 5.41) is 11.5. The van der Waals surface area contributed by atoms with Gasteiger partial charge in [0.15, 0.2) is 0 Å². The first-order valence-electron chi connectivity index (χ1n) is 11.9. The number of benzene rings is 3. The molecule has 10 heteroatoms. The average Bonchev–Trinajstić information content (AvgIpc) is 2.93. The van der Waals surface area contributed by atoms with E-state index < -0.39 is 4.92 Å². The van der Waals surface area contributed by atoms with Gasteiger partial charge in [-0.2, -0.15) is 0 Å². The zero-order chi connectivity index (χ0) is 25.9. The minimum Gasteiger partial charge on any atom is -0.497 e. The van der Waals surface area contributed by atoms with Crippen LogP contribution in [-0.2, 0) is 6.54 Å². The van der Waals surface area contributed by atoms with E-state index >= 15 is 0 Å². The van der Waals surface area contributed by atoms with Crippen LogP contribution in [0.15, 0.2) is 71.5 Å². The largest absolute Gasteiger partial charge is 0.497 e. The van der Waals surface area contributed by atoms with Crippen molar-refractivity contribution < 1.29 is 14.4 Å². The van der Waals surface area contributed by atoms with Crippen LogP contribution in [0.2, 0.25) is 0 Å². The van der Waals surface area contributed by atoms with Crippen LogP contribution < -0.4 is 19.9 Å². The molecule has 0 saturated carbocycles. The van der Waals surface area contributed by atoms with E-state index in [1.165, 1.54) is 42.7 Å². The van der Waals surface area contributed by atoms with E-state index in [4.69, 9.17) is 14.5 Å². The van der Waals surface area contributed by atoms with Crippen LogP contribution in [0.5, 0.6) is 11.5 Å². The Bertz CT molecular complexity index is 1470. The highest BCUT2D eigenvalue weighted by Crippen LogP contribution is 2.27. The molecule has 4 aromatic rings. The number of hydrogen-bond donors (Lipinski definition) is 0. The van der Waals surface area contributed by atoms with E-state index in [1.54, 1.807) is 18.2 Å². The normalized spacial score (nSPS) is 14.1. The van der Waals surface area contributed by atoms with Crippen molar-refractivity contribution >= 4 is 22.3 Å². The van der Waals surface area contributed by atoms with Gasteiger partial charge in [-0.3, -0.25) is 24.4 Å². The first kappa shape index (κ1) is 24.3. The maximum Gasteiger partial charge on any atom is 0.270 e. The van der Waals surface area contributed by atoms with Crippen molar-refractivity contribution in [2.24, 2.45) is 0 Å². The Morgan fingerprint density at radius 2 is 1.57 bits per heavy atom. The predicted octanol–water partition coefficient (Wildman–Crippen LogP) is 3.63. The first-order chi connectivity index (χ1) is 18.0. The third kappa shape index (κ3) is 4.96. The summed E-state index contributed by atoms with van der Waals surface area (Å²) in [7, 11) is 3.08. The molecule has 1 fully saturated rings. The molecule has 0 amide bonds. The standard InChI is InChI=1S/C27H27N5O5/c1-36-22-14-21(15-23(17-22)37-2)31-26(28-25-9-8-20(32(34)35)16-24(25)27(31)33)18-29-10-12-30(13-11-29)19-6-4-3-5-7-19/h3-9,14-17H,10-13,18H2,1-2H3. The number of nitro benzene ring substituents is 1. The number of nitrogens with zero attached hydrogens (tertiary/aromatic N) is 5. The predicted molar refractivity (Wildman–Crippen MR) is 141 cm³/mol. The second-order valence-electron chi connectivity index (χ2n) is 8.80. The molecule has 3 aromatic carbocycles. The Hall–Kier alpha value is -4.44. The Labute approximate surface area is 213 Å². The molecular formula is C27H27N5O5. The van der Waals surface area contributed by atoms with Gasteiger partial charge in [0.2, 0.25) is 0 Å². The molecular weight excluding hydrogens is 474 g/mol. The van der Waals surface area contributed by atoms with Crippen molar-refractivity contribution in [3.8, 4) is 17.2 Å². The molecule has 2 heterocycles. The summed E-state index contributed by atoms with van der Waals surface area (Å²) in [6.07, 6.45) is 0. The SMILES string of the molecule is COc1cc(OC)cc(-n2c(CN3CCN(c4ccccc4)CC3)nc3ccc([N+](=O)[O-])cc3c2=O)c1. The van der Waals surface area contributed by atoms with Crippen LogP contribution in [0.1, 0.15) is 5.82 Å². The van der Waals surface area contributed by atoms with Crippen molar-refractivity contribution in [3.63, 3.8) is 0 Å². The van der Waals surface area contributed by atoms with Crippen LogP contribution in [0, 0.1) is 10.1 Å². The number of aromatic nitrogens is 2. The zero-order valence-electron chi connectivity index (χ0n) is 20.7. The number of ether oxygens (including phenoxy) is 2. The lowest BCUT2D eigenvalue weighted by Crippen LogP contribution is -2.46. The fraction of sp³-hybridized carbons (Fsp3) is 0.259. The summed E-state index contributed by atoms with van der Waals surface area (Å²) in [6.45, 7) is 3.72. The lowest BCUT2D eigenvalue weighted by molar-refractivity contribution is -0.384. The number of hydrogen-bond acceptors (Lipinski definition) is 8. The van der Waals surface area contributed by atoms with Crippen LogP contribution in [-0.4, -0.2) is 59.8 Å². The maximum atomic E-state index is 13.8. The number of piperazine rings is 1. The van der Waals surface area contributed by atoms with Gasteiger partial charge in [0.25, 0.3) is 11.2 Å². The van der Waals surface area contributed by atoms with Gasteiger partial charge in [-0.15, -0.1) is 0 Å². The summed E-state index contributed by atoms with van der Waals surface area (Å²) in [5.74, 6) is 1.57. The van der Waals surface area contributed by atoms with E-state index in [0.29, 0.717) is 35.1 Å². The number of para-hydroxylation sites is 1. The summed E-state index contributed by atoms with van der Waals surface area (Å²) in [6, 6.07) is 19.6. The number of anilines is 1. The van der Waals surface area contributed by atoms with Crippen molar-refractivity contribution in [1.29, 1.82) is 0 Å². The van der Waals surface area contributed by atoms with E-state index in [2.05, 4.69) is 21.9 Å². The smallest absolute Gasteiger partial charge is 0.270 e. The number of nitro groups is 1. The Kier molecular flexibility index (Phi) is 6.74. The van der Waals surface area contributed by atoms with Gasteiger partial charge in [0, 0.05) is 62.2 Å². The van der Waals surface area contributed by atoms with Crippen LogP contribution >= 0.6 is 0 Å². The van der Waals surface area contributed by atoms with Crippen molar-refractivity contribution in [2.75, 3.05) is 45.3 Å². The molecule has 10 nitrogen and oxygen atoms in total. The first-order valence-corrected chi connectivity index (χ1v) is 11.9. The van der Waals surface area contributed by atoms with Gasteiger partial charge in [-0.25, -0.2) is 4.98 Å². The molecule has 1 saturated heterocycles. The molecule has 0 spiro atoms. The quantitative estimate of drug-likeness (QED) is 0.279. The molecule has 0 aliphatic carbocycles. The second kappa shape index (κ2) is 10.3. The summed E-state index contributed by atoms with van der Waals surface area (Å²) in [4.78, 5) is 34.0. The zero-order valence-corrected chi connectivity index (χ0v) is 20.7. The van der Waals surface area contributed by atoms with E-state index in [-0.39, 0.29) is 16.6 Å². The highest BCUT2D eigenvalue weighted by Gasteiger charge is 2.22. The van der Waals surface area contributed by atoms with Crippen molar-refractivity contribution in [3.05, 3.63) is 93.0 Å². The fourth-order valence-electron chi connectivity index (χ4n) is 4.63. The second-order valence-corrected chi connectivity index (χ2v) is 8.80. The van der Waals surface area contributed by atoms with E-state index in [9.17, 15) is 14.9 Å². The highest BCUT2D eigenvalue weighted by atomic mass is 16.6. The van der Waals surface area contributed by atoms with Crippen molar-refractivity contribution in [2.45, 2.75) is 6.54 Å². The summed E-state index contributed by atoms with van der Waals surface area (Å²) in [5.41, 5.74) is 1.57. The molecule has 0 N–H and O–H groups in total. The third-order valence-electron chi connectivity index (χ3n) is 6.59. The van der Waals surface area contributed by atoms with E-state index in [0.717, 1.165) is 26.2 Å². The molecule has 0 bridgehead atoms. The van der Waals surface area contributed by atoms with Crippen LogP contribution in [0.4, 0.5) is 11.4 Å². The molecule has 0 unspecified atom stereocenters. The molecule has 0 atom stereocenters. The lowest BCUT2D eigenvalue weighted by Gasteiger charge is -2.36. The Morgan fingerprint density at radius 3 is 2.19 bits per heavy atom. The van der Waals surface area contributed by atoms with Crippen molar-refractivity contribution in [1.82, 2.24) is 14.5 Å². The monoisotopic (exact) mass is 501 g/mol. The average molecular weight is 502 g/mol.